The number of ether oxygens (including phenoxy) is 2. The van der Waals surface area contributed by atoms with Crippen LogP contribution in [0.25, 0.3) is 0 Å². The van der Waals surface area contributed by atoms with Crippen LogP contribution in [-0.2, 0) is 4.74 Å². The minimum absolute atomic E-state index is 0.0395. The molecule has 1 atom stereocenters. The van der Waals surface area contributed by atoms with Crippen molar-refractivity contribution in [2.75, 3.05) is 24.9 Å². The quantitative estimate of drug-likeness (QED) is 0.487. The van der Waals surface area contributed by atoms with Crippen LogP contribution >= 0.6 is 11.3 Å². The van der Waals surface area contributed by atoms with Crippen molar-refractivity contribution in [3.05, 3.63) is 91.6 Å². The summed E-state index contributed by atoms with van der Waals surface area (Å²) in [6.45, 7) is 4.32. The van der Waals surface area contributed by atoms with Gasteiger partial charge in [-0.25, -0.2) is 4.39 Å². The van der Waals surface area contributed by atoms with Crippen LogP contribution in [-0.4, -0.2) is 52.1 Å². The molecule has 3 aromatic rings. The number of fused-ring (bicyclic) bond motifs is 6. The third-order valence-corrected chi connectivity index (χ3v) is 8.81. The molecule has 1 fully saturated rings. The van der Waals surface area contributed by atoms with Gasteiger partial charge < -0.3 is 19.5 Å². The lowest BCUT2D eigenvalue weighted by Crippen LogP contribution is -2.67. The minimum atomic E-state index is -1.11. The van der Waals surface area contributed by atoms with Crippen molar-refractivity contribution in [3.63, 3.8) is 0 Å². The molecule has 39 heavy (non-hydrogen) atoms. The Morgan fingerprint density at radius 1 is 1.21 bits per heavy atom. The number of hydrogen-bond donors (Lipinski definition) is 1. The fourth-order valence-corrected chi connectivity index (χ4v) is 6.87. The van der Waals surface area contributed by atoms with E-state index < -0.39 is 40.3 Å². The highest BCUT2D eigenvalue weighted by atomic mass is 32.1. The monoisotopic (exact) mass is 555 g/mol. The lowest BCUT2D eigenvalue weighted by Gasteiger charge is -2.56. The first-order chi connectivity index (χ1) is 18.8. The summed E-state index contributed by atoms with van der Waals surface area (Å²) in [5.74, 6) is -3.56. The van der Waals surface area contributed by atoms with Gasteiger partial charge in [0, 0.05) is 42.2 Å². The van der Waals surface area contributed by atoms with E-state index in [2.05, 4.69) is 0 Å². The maximum absolute atomic E-state index is 15.3. The van der Waals surface area contributed by atoms with Crippen molar-refractivity contribution in [2.24, 2.45) is 0 Å². The van der Waals surface area contributed by atoms with Crippen LogP contribution in [0.3, 0.4) is 0 Å². The molecule has 1 N–H and O–H groups in total. The second kappa shape index (κ2) is 9.49. The Morgan fingerprint density at radius 3 is 2.72 bits per heavy atom. The largest absolute Gasteiger partial charge is 0.502 e. The van der Waals surface area contributed by atoms with E-state index >= 15 is 4.39 Å². The Hall–Kier alpha value is -3.70. The van der Waals surface area contributed by atoms with Crippen molar-refractivity contribution >= 4 is 17.2 Å². The van der Waals surface area contributed by atoms with Gasteiger partial charge in [-0.2, -0.15) is 4.39 Å². The molecule has 1 aromatic carbocycles. The summed E-state index contributed by atoms with van der Waals surface area (Å²) in [5, 5.41) is 14.6. The average Bonchev–Trinajstić information content (AvgIpc) is 3.30. The summed E-state index contributed by atoms with van der Waals surface area (Å²) in [4.78, 5) is 29.0. The van der Waals surface area contributed by atoms with E-state index in [0.717, 1.165) is 16.5 Å². The fourth-order valence-electron chi connectivity index (χ4n) is 5.82. The molecule has 11 heteroatoms. The lowest BCUT2D eigenvalue weighted by atomic mass is 9.72. The maximum Gasteiger partial charge on any atom is 0.278 e. The Bertz CT molecular complexity index is 1540. The number of hydrogen-bond acceptors (Lipinski definition) is 7. The fraction of sp³-hybridized carbons (Fsp3) is 0.357. The average molecular weight is 556 g/mol. The number of aromatic hydroxyl groups is 1. The molecule has 6 rings (SSSR count). The summed E-state index contributed by atoms with van der Waals surface area (Å²) >= 11 is 1.43. The van der Waals surface area contributed by atoms with Crippen LogP contribution in [0.5, 0.6) is 11.5 Å². The number of halogens is 2. The molecule has 0 saturated heterocycles. The van der Waals surface area contributed by atoms with Crippen LogP contribution in [0.1, 0.15) is 52.3 Å². The lowest BCUT2D eigenvalue weighted by molar-refractivity contribution is -0.0747. The molecule has 8 nitrogen and oxygen atoms in total. The van der Waals surface area contributed by atoms with E-state index in [0.29, 0.717) is 25.0 Å². The van der Waals surface area contributed by atoms with E-state index in [1.165, 1.54) is 34.3 Å². The summed E-state index contributed by atoms with van der Waals surface area (Å²) in [6.07, 6.45) is 5.85. The van der Waals surface area contributed by atoms with Gasteiger partial charge in [0.25, 0.3) is 5.91 Å². The van der Waals surface area contributed by atoms with Gasteiger partial charge in [0.1, 0.15) is 19.3 Å². The van der Waals surface area contributed by atoms with Crippen LogP contribution < -0.4 is 15.2 Å². The van der Waals surface area contributed by atoms with Crippen molar-refractivity contribution in [3.8, 4) is 11.5 Å². The number of rotatable bonds is 3. The molecule has 1 spiro atoms. The van der Waals surface area contributed by atoms with E-state index in [1.54, 1.807) is 16.0 Å². The van der Waals surface area contributed by atoms with Gasteiger partial charge in [-0.1, -0.05) is 6.08 Å². The van der Waals surface area contributed by atoms with Crippen molar-refractivity contribution in [2.45, 2.75) is 44.4 Å². The Balaban J connectivity index is 1.63. The number of amides is 1. The smallest absolute Gasteiger partial charge is 0.278 e. The first-order valence-electron chi connectivity index (χ1n) is 12.7. The highest BCUT2D eigenvalue weighted by Crippen LogP contribution is 2.47. The highest BCUT2D eigenvalue weighted by Gasteiger charge is 2.53. The van der Waals surface area contributed by atoms with Crippen molar-refractivity contribution in [1.82, 2.24) is 9.58 Å². The first kappa shape index (κ1) is 25.6. The van der Waals surface area contributed by atoms with Gasteiger partial charge in [-0.05, 0) is 49.1 Å². The zero-order valence-electron chi connectivity index (χ0n) is 21.4. The third kappa shape index (κ3) is 3.94. The molecule has 2 aromatic heterocycles. The molecule has 4 heterocycles. The molecule has 3 aliphatic rings. The zero-order valence-corrected chi connectivity index (χ0v) is 22.2. The molecule has 0 radical (unpaired) electrons. The molecule has 2 aliphatic heterocycles. The standard InChI is InChI=1S/C28H27F2N3O5S/c1-3-37-17-13-28(14-17)9-4-11-38-25-18(5-6-19(29)21(25)30)22(26-16(2)8-12-39-26)33-15-31(28)27(36)23-24(35)20(34)7-10-32(23)33/h4-10,12,17,22,35H,3,11,13-15H2,1-2H3/b9-4+. The molecule has 1 unspecified atom stereocenters. The minimum Gasteiger partial charge on any atom is -0.502 e. The van der Waals surface area contributed by atoms with Gasteiger partial charge >= 0.3 is 0 Å². The normalized spacial score (nSPS) is 24.9. The van der Waals surface area contributed by atoms with Crippen LogP contribution in [0.15, 0.2) is 52.8 Å². The number of benzene rings is 1. The summed E-state index contributed by atoms with van der Waals surface area (Å²) in [7, 11) is 0. The molecule has 1 amide bonds. The number of pyridine rings is 1. The van der Waals surface area contributed by atoms with E-state index in [9.17, 15) is 19.1 Å². The van der Waals surface area contributed by atoms with Gasteiger partial charge in [-0.3, -0.25) is 19.3 Å². The van der Waals surface area contributed by atoms with Crippen LogP contribution in [0.4, 0.5) is 8.78 Å². The predicted molar refractivity (Wildman–Crippen MR) is 141 cm³/mol. The number of carbonyl (C=O) groups is 1. The molecule has 204 valence electrons. The van der Waals surface area contributed by atoms with E-state index in [-0.39, 0.29) is 30.8 Å². The predicted octanol–water partition coefficient (Wildman–Crippen LogP) is 4.23. The second-order valence-corrected chi connectivity index (χ2v) is 10.9. The number of aromatic nitrogens is 1. The second-order valence-electron chi connectivity index (χ2n) is 9.99. The topological polar surface area (TPSA) is 84.2 Å². The van der Waals surface area contributed by atoms with Crippen molar-refractivity contribution < 1.29 is 28.2 Å². The Morgan fingerprint density at radius 2 is 2.00 bits per heavy atom. The van der Waals surface area contributed by atoms with E-state index in [1.807, 2.05) is 31.4 Å². The highest BCUT2D eigenvalue weighted by molar-refractivity contribution is 7.10. The van der Waals surface area contributed by atoms with Crippen molar-refractivity contribution in [1.29, 1.82) is 0 Å². The molecule has 1 aliphatic carbocycles. The van der Waals surface area contributed by atoms with Crippen LogP contribution in [0, 0.1) is 18.6 Å². The molecule has 2 bridgehead atoms. The Labute approximate surface area is 227 Å². The molecular weight excluding hydrogens is 528 g/mol. The van der Waals surface area contributed by atoms with Gasteiger partial charge in [0.2, 0.25) is 11.2 Å². The summed E-state index contributed by atoms with van der Waals surface area (Å²) in [6, 6.07) is 4.89. The van der Waals surface area contributed by atoms with Gasteiger partial charge in [-0.15, -0.1) is 11.3 Å². The number of aryl methyl sites for hydroxylation is 1. The SMILES string of the molecule is CCOC1CC2(/C=C/COc3c(ccc(F)c3F)C(c3sccc3C)N3CN2C(=O)c2c(O)c(=O)ccn23)C1. The zero-order chi connectivity index (χ0) is 27.5. The first-order valence-corrected chi connectivity index (χ1v) is 13.6. The number of thiophene rings is 1. The van der Waals surface area contributed by atoms with Gasteiger partial charge in [0.05, 0.1) is 11.6 Å². The summed E-state index contributed by atoms with van der Waals surface area (Å²) < 4.78 is 42.9. The summed E-state index contributed by atoms with van der Waals surface area (Å²) in [5.41, 5.74) is -0.421. The van der Waals surface area contributed by atoms with E-state index in [4.69, 9.17) is 9.47 Å². The van der Waals surface area contributed by atoms with Crippen LogP contribution in [0.2, 0.25) is 0 Å². The number of carbonyl (C=O) groups excluding carboxylic acids is 1. The third-order valence-electron chi connectivity index (χ3n) is 7.74. The van der Waals surface area contributed by atoms with Gasteiger partial charge in [0.15, 0.2) is 23.0 Å². The number of nitrogens with zero attached hydrogens (tertiary/aromatic N) is 3. The maximum atomic E-state index is 15.3. The molecular formula is C28H27F2N3O5S. The molecule has 1 saturated carbocycles. The Kier molecular flexibility index (Phi) is 6.22.